The van der Waals surface area contributed by atoms with Crippen molar-refractivity contribution in [1.82, 2.24) is 9.97 Å². The molecule has 2 atom stereocenters. The van der Waals surface area contributed by atoms with Gasteiger partial charge in [0.2, 0.25) is 0 Å². The number of rotatable bonds is 4. The zero-order valence-corrected chi connectivity index (χ0v) is 20.6. The minimum Gasteiger partial charge on any atom is -0.377 e. The van der Waals surface area contributed by atoms with Gasteiger partial charge in [-0.2, -0.15) is 5.26 Å². The Bertz CT molecular complexity index is 1380. The molecule has 35 heavy (non-hydrogen) atoms. The molecule has 6 nitrogen and oxygen atoms in total. The maximum Gasteiger partial charge on any atom is 0.0991 e. The zero-order valence-electron chi connectivity index (χ0n) is 20.6. The highest BCUT2D eigenvalue weighted by molar-refractivity contribution is 6.04. The second-order valence-corrected chi connectivity index (χ2v) is 9.40. The number of hydrogen-bond donors (Lipinski definition) is 0. The Labute approximate surface area is 206 Å². The number of nitrogens with zero attached hydrogens (tertiary/aromatic N) is 5. The quantitative estimate of drug-likeness (QED) is 0.397. The summed E-state index contributed by atoms with van der Waals surface area (Å²) in [6.45, 7) is 6.05. The topological polar surface area (TPSA) is 65.3 Å². The van der Waals surface area contributed by atoms with Gasteiger partial charge < -0.3 is 14.5 Å². The molecule has 4 aromatic rings. The van der Waals surface area contributed by atoms with Gasteiger partial charge in [-0.25, -0.2) is 0 Å². The van der Waals surface area contributed by atoms with E-state index in [0.717, 1.165) is 51.9 Å². The van der Waals surface area contributed by atoms with Crippen LogP contribution >= 0.6 is 0 Å². The van der Waals surface area contributed by atoms with Crippen molar-refractivity contribution in [3.63, 3.8) is 0 Å². The molecule has 1 saturated heterocycles. The van der Waals surface area contributed by atoms with Crippen molar-refractivity contribution in [3.8, 4) is 28.3 Å². The number of fused-ring (bicyclic) bond motifs is 1. The van der Waals surface area contributed by atoms with Gasteiger partial charge >= 0.3 is 0 Å². The fraction of sp³-hybridized carbons (Fsp3) is 0.276. The molecule has 1 aliphatic heterocycles. The highest BCUT2D eigenvalue weighted by atomic mass is 16.5. The Hall–Kier alpha value is -3.95. The van der Waals surface area contributed by atoms with Crippen LogP contribution in [0.15, 0.2) is 67.1 Å². The average Bonchev–Trinajstić information content (AvgIpc) is 2.87. The number of aromatic nitrogens is 2. The lowest BCUT2D eigenvalue weighted by molar-refractivity contribution is -0.00521. The first kappa shape index (κ1) is 22.8. The lowest BCUT2D eigenvalue weighted by Gasteiger charge is -2.37. The van der Waals surface area contributed by atoms with Gasteiger partial charge in [0, 0.05) is 68.0 Å². The summed E-state index contributed by atoms with van der Waals surface area (Å²) in [5, 5.41) is 10.1. The smallest absolute Gasteiger partial charge is 0.0991 e. The Morgan fingerprint density at radius 3 is 2.14 bits per heavy atom. The Morgan fingerprint density at radius 1 is 0.886 bits per heavy atom. The predicted octanol–water partition coefficient (Wildman–Crippen LogP) is 5.52. The van der Waals surface area contributed by atoms with E-state index in [4.69, 9.17) is 15.0 Å². The van der Waals surface area contributed by atoms with Crippen LogP contribution in [0.2, 0.25) is 0 Å². The predicted molar refractivity (Wildman–Crippen MR) is 142 cm³/mol. The van der Waals surface area contributed by atoms with Crippen LogP contribution in [-0.4, -0.2) is 49.4 Å². The first-order valence-corrected chi connectivity index (χ1v) is 11.9. The second-order valence-electron chi connectivity index (χ2n) is 9.40. The van der Waals surface area contributed by atoms with Crippen molar-refractivity contribution in [2.75, 3.05) is 37.0 Å². The van der Waals surface area contributed by atoms with E-state index < -0.39 is 0 Å². The van der Waals surface area contributed by atoms with Gasteiger partial charge in [-0.1, -0.05) is 24.3 Å². The highest BCUT2D eigenvalue weighted by Crippen LogP contribution is 2.38. The summed E-state index contributed by atoms with van der Waals surface area (Å²) < 4.78 is 5.89. The summed E-state index contributed by atoms with van der Waals surface area (Å²) in [5.41, 5.74) is 7.94. The standard InChI is InChI=1S/C29H29N5O/c1-19-17-34(18-20(2)35-19)24-11-9-23(10-12-24)26-16-32-28-25(22-7-5-21(13-30)6-8-22)14-31-15-27(28)29(26)33(3)4/h5-12,14-16,19-20H,17-18H2,1-4H3/t19-,20?/m0/s1. The van der Waals surface area contributed by atoms with Crippen molar-refractivity contribution in [3.05, 3.63) is 72.7 Å². The summed E-state index contributed by atoms with van der Waals surface area (Å²) >= 11 is 0. The number of ether oxygens (including phenoxy) is 1. The number of benzene rings is 2. The number of anilines is 2. The molecular formula is C29H29N5O. The number of morpholine rings is 1. The monoisotopic (exact) mass is 463 g/mol. The molecule has 0 spiro atoms. The molecule has 5 rings (SSSR count). The summed E-state index contributed by atoms with van der Waals surface area (Å²) in [4.78, 5) is 14.0. The third kappa shape index (κ3) is 4.43. The van der Waals surface area contributed by atoms with Gasteiger partial charge in [-0.05, 0) is 49.2 Å². The van der Waals surface area contributed by atoms with Crippen LogP contribution in [0.3, 0.4) is 0 Å². The zero-order chi connectivity index (χ0) is 24.5. The Kier molecular flexibility index (Phi) is 6.10. The summed E-state index contributed by atoms with van der Waals surface area (Å²) in [6, 6.07) is 18.5. The normalized spacial score (nSPS) is 17.9. The van der Waals surface area contributed by atoms with Crippen LogP contribution in [0.4, 0.5) is 11.4 Å². The van der Waals surface area contributed by atoms with Crippen molar-refractivity contribution < 1.29 is 4.74 Å². The van der Waals surface area contributed by atoms with E-state index in [1.165, 1.54) is 5.69 Å². The van der Waals surface area contributed by atoms with Crippen LogP contribution in [0.25, 0.3) is 33.2 Å². The Balaban J connectivity index is 1.56. The SMILES string of the molecule is CC1CN(c2ccc(-c3cnc4c(-c5ccc(C#N)cc5)cncc4c3N(C)C)cc2)C[C@H](C)O1. The largest absolute Gasteiger partial charge is 0.377 e. The third-order valence-corrected chi connectivity index (χ3v) is 6.49. The first-order valence-electron chi connectivity index (χ1n) is 11.9. The van der Waals surface area contributed by atoms with Crippen molar-refractivity contribution in [1.29, 1.82) is 5.26 Å². The molecule has 176 valence electrons. The van der Waals surface area contributed by atoms with Crippen LogP contribution < -0.4 is 9.80 Å². The van der Waals surface area contributed by atoms with E-state index in [0.29, 0.717) is 5.56 Å². The van der Waals surface area contributed by atoms with Gasteiger partial charge in [0.15, 0.2) is 0 Å². The molecule has 0 saturated carbocycles. The molecule has 1 aliphatic rings. The van der Waals surface area contributed by atoms with Gasteiger partial charge in [-0.15, -0.1) is 0 Å². The van der Waals surface area contributed by atoms with Crippen LogP contribution in [0.5, 0.6) is 0 Å². The molecule has 2 aromatic carbocycles. The molecular weight excluding hydrogens is 434 g/mol. The van der Waals surface area contributed by atoms with Crippen LogP contribution in [0.1, 0.15) is 19.4 Å². The summed E-state index contributed by atoms with van der Waals surface area (Å²) in [6.07, 6.45) is 6.13. The fourth-order valence-corrected chi connectivity index (χ4v) is 4.97. The molecule has 0 bridgehead atoms. The lowest BCUT2D eigenvalue weighted by Crippen LogP contribution is -2.45. The average molecular weight is 464 g/mol. The van der Waals surface area contributed by atoms with E-state index in [2.05, 4.69) is 73.1 Å². The van der Waals surface area contributed by atoms with Crippen molar-refractivity contribution in [2.24, 2.45) is 0 Å². The van der Waals surface area contributed by atoms with Crippen LogP contribution in [-0.2, 0) is 4.74 Å². The molecule has 0 aliphatic carbocycles. The second kappa shape index (κ2) is 9.36. The minimum absolute atomic E-state index is 0.223. The maximum atomic E-state index is 9.13. The van der Waals surface area contributed by atoms with E-state index in [1.54, 1.807) is 0 Å². The Morgan fingerprint density at radius 2 is 1.51 bits per heavy atom. The lowest BCUT2D eigenvalue weighted by atomic mass is 9.98. The van der Waals surface area contributed by atoms with Crippen molar-refractivity contribution in [2.45, 2.75) is 26.1 Å². The van der Waals surface area contributed by atoms with Gasteiger partial charge in [0.25, 0.3) is 0 Å². The van der Waals surface area contributed by atoms with Gasteiger partial charge in [0.1, 0.15) is 0 Å². The molecule has 0 radical (unpaired) electrons. The number of hydrogen-bond acceptors (Lipinski definition) is 6. The van der Waals surface area contributed by atoms with Gasteiger partial charge in [0.05, 0.1) is 35.0 Å². The molecule has 3 heterocycles. The number of pyridine rings is 2. The van der Waals surface area contributed by atoms with E-state index in [9.17, 15) is 0 Å². The third-order valence-electron chi connectivity index (χ3n) is 6.49. The molecule has 6 heteroatoms. The number of nitriles is 1. The van der Waals surface area contributed by atoms with Crippen molar-refractivity contribution >= 4 is 22.3 Å². The molecule has 1 unspecified atom stereocenters. The van der Waals surface area contributed by atoms with E-state index >= 15 is 0 Å². The van der Waals surface area contributed by atoms with Crippen LogP contribution in [0, 0.1) is 11.3 Å². The maximum absolute atomic E-state index is 9.13. The molecule has 1 fully saturated rings. The van der Waals surface area contributed by atoms with Gasteiger partial charge in [-0.3, -0.25) is 9.97 Å². The summed E-state index contributed by atoms with van der Waals surface area (Å²) in [7, 11) is 4.11. The molecule has 2 aromatic heterocycles. The van der Waals surface area contributed by atoms with E-state index in [1.807, 2.05) is 42.9 Å². The minimum atomic E-state index is 0.223. The molecule has 0 N–H and O–H groups in total. The fourth-order valence-electron chi connectivity index (χ4n) is 4.97. The summed E-state index contributed by atoms with van der Waals surface area (Å²) in [5.74, 6) is 0. The highest BCUT2D eigenvalue weighted by Gasteiger charge is 2.23. The first-order chi connectivity index (χ1) is 16.9. The molecule has 0 amide bonds. The van der Waals surface area contributed by atoms with E-state index in [-0.39, 0.29) is 12.2 Å².